The first-order chi connectivity index (χ1) is 9.26. The highest BCUT2D eigenvalue weighted by Crippen LogP contribution is 2.29. The number of ether oxygens (including phenoxy) is 1. The fourth-order valence-electron chi connectivity index (χ4n) is 3.28. The number of nitrogens with one attached hydrogen (secondary N) is 1. The molecule has 2 aliphatic heterocycles. The van der Waals surface area contributed by atoms with Gasteiger partial charge in [-0.2, -0.15) is 0 Å². The summed E-state index contributed by atoms with van der Waals surface area (Å²) in [6.45, 7) is 7.84. The van der Waals surface area contributed by atoms with E-state index in [1.165, 1.54) is 12.0 Å². The molecule has 104 valence electrons. The zero-order chi connectivity index (χ0) is 13.2. The van der Waals surface area contributed by atoms with Crippen LogP contribution in [0.25, 0.3) is 0 Å². The second-order valence-corrected chi connectivity index (χ2v) is 5.88. The van der Waals surface area contributed by atoms with Crippen molar-refractivity contribution >= 4 is 0 Å². The molecule has 2 heterocycles. The number of rotatable bonds is 3. The number of nitrogens with zero attached hydrogens (tertiary/aromatic N) is 1. The van der Waals surface area contributed by atoms with E-state index in [-0.39, 0.29) is 0 Å². The van der Waals surface area contributed by atoms with Crippen LogP contribution in [0.5, 0.6) is 5.75 Å². The predicted molar refractivity (Wildman–Crippen MR) is 77.7 cm³/mol. The molecule has 0 bridgehead atoms. The van der Waals surface area contributed by atoms with E-state index in [9.17, 15) is 0 Å². The molecular formula is C16H24N2O. The summed E-state index contributed by atoms with van der Waals surface area (Å²) in [6.07, 6.45) is 2.60. The van der Waals surface area contributed by atoms with Crippen LogP contribution in [0, 0.1) is 0 Å². The summed E-state index contributed by atoms with van der Waals surface area (Å²) in [5.74, 6) is 1.09. The second-order valence-electron chi connectivity index (χ2n) is 5.88. The van der Waals surface area contributed by atoms with E-state index in [1.807, 2.05) is 0 Å². The van der Waals surface area contributed by atoms with Gasteiger partial charge in [0.1, 0.15) is 11.9 Å². The fraction of sp³-hybridized carbons (Fsp3) is 0.625. The Kier molecular flexibility index (Phi) is 3.76. The molecule has 1 aromatic carbocycles. The highest BCUT2D eigenvalue weighted by molar-refractivity contribution is 5.37. The Labute approximate surface area is 115 Å². The normalized spacial score (nSPS) is 30.9. The van der Waals surface area contributed by atoms with Gasteiger partial charge in [-0.25, -0.2) is 0 Å². The maximum atomic E-state index is 6.08. The van der Waals surface area contributed by atoms with Crippen molar-refractivity contribution in [3.8, 4) is 5.75 Å². The largest absolute Gasteiger partial charge is 0.488 e. The lowest BCUT2D eigenvalue weighted by molar-refractivity contribution is 0.0814. The van der Waals surface area contributed by atoms with Crippen LogP contribution in [-0.4, -0.2) is 42.7 Å². The van der Waals surface area contributed by atoms with Gasteiger partial charge in [-0.15, -0.1) is 0 Å². The van der Waals surface area contributed by atoms with Crippen LogP contribution < -0.4 is 10.1 Å². The third-order valence-electron chi connectivity index (χ3n) is 4.35. The first-order valence-corrected chi connectivity index (χ1v) is 7.48. The van der Waals surface area contributed by atoms with E-state index < -0.39 is 0 Å². The second kappa shape index (κ2) is 5.51. The molecule has 1 fully saturated rings. The molecule has 3 atom stereocenters. The first kappa shape index (κ1) is 12.9. The van der Waals surface area contributed by atoms with Crippen LogP contribution in [0.4, 0.5) is 0 Å². The number of para-hydroxylation sites is 1. The quantitative estimate of drug-likeness (QED) is 0.900. The number of hydrogen-bond donors (Lipinski definition) is 1. The molecule has 0 spiro atoms. The third-order valence-corrected chi connectivity index (χ3v) is 4.35. The molecule has 2 aliphatic rings. The molecule has 3 rings (SSSR count). The number of piperazine rings is 1. The molecule has 3 unspecified atom stereocenters. The van der Waals surface area contributed by atoms with Gasteiger partial charge < -0.3 is 10.1 Å². The summed E-state index contributed by atoms with van der Waals surface area (Å²) >= 11 is 0. The monoisotopic (exact) mass is 260 g/mol. The Morgan fingerprint density at radius 2 is 2.21 bits per heavy atom. The SMILES string of the molecule is CCC1CNC(C)CN1CC1Cc2ccccc2O1. The van der Waals surface area contributed by atoms with E-state index in [0.29, 0.717) is 18.2 Å². The molecule has 3 heteroatoms. The van der Waals surface area contributed by atoms with Crippen molar-refractivity contribution in [1.29, 1.82) is 0 Å². The van der Waals surface area contributed by atoms with Crippen molar-refractivity contribution in [3.63, 3.8) is 0 Å². The standard InChI is InChI=1S/C16H24N2O/c1-3-14-9-17-12(2)10-18(14)11-15-8-13-6-4-5-7-16(13)19-15/h4-7,12,14-15,17H,3,8-11H2,1-2H3. The van der Waals surface area contributed by atoms with Gasteiger partial charge in [-0.05, 0) is 25.0 Å². The summed E-state index contributed by atoms with van der Waals surface area (Å²) in [5, 5.41) is 3.57. The average molecular weight is 260 g/mol. The molecule has 1 aromatic rings. The predicted octanol–water partition coefficient (Wildman–Crippen LogP) is 2.06. The Hall–Kier alpha value is -1.06. The first-order valence-electron chi connectivity index (χ1n) is 7.48. The van der Waals surface area contributed by atoms with Crippen LogP contribution in [0.2, 0.25) is 0 Å². The molecule has 1 saturated heterocycles. The Morgan fingerprint density at radius 1 is 1.37 bits per heavy atom. The minimum absolute atomic E-state index is 0.330. The topological polar surface area (TPSA) is 24.5 Å². The average Bonchev–Trinajstić information content (AvgIpc) is 2.81. The lowest BCUT2D eigenvalue weighted by Gasteiger charge is -2.40. The van der Waals surface area contributed by atoms with Gasteiger partial charge in [0, 0.05) is 38.1 Å². The van der Waals surface area contributed by atoms with Crippen molar-refractivity contribution < 1.29 is 4.74 Å². The van der Waals surface area contributed by atoms with Crippen molar-refractivity contribution in [2.24, 2.45) is 0 Å². The van der Waals surface area contributed by atoms with Crippen LogP contribution in [0.3, 0.4) is 0 Å². The molecular weight excluding hydrogens is 236 g/mol. The number of fused-ring (bicyclic) bond motifs is 1. The van der Waals surface area contributed by atoms with Crippen molar-refractivity contribution in [1.82, 2.24) is 10.2 Å². The zero-order valence-corrected chi connectivity index (χ0v) is 11.9. The molecule has 0 radical (unpaired) electrons. The summed E-state index contributed by atoms with van der Waals surface area (Å²) in [5.41, 5.74) is 1.36. The fourth-order valence-corrected chi connectivity index (χ4v) is 3.28. The van der Waals surface area contributed by atoms with Crippen molar-refractivity contribution in [2.75, 3.05) is 19.6 Å². The molecule has 0 aromatic heterocycles. The molecule has 0 saturated carbocycles. The molecule has 0 aliphatic carbocycles. The summed E-state index contributed by atoms with van der Waals surface area (Å²) < 4.78 is 6.08. The summed E-state index contributed by atoms with van der Waals surface area (Å²) in [4.78, 5) is 2.61. The van der Waals surface area contributed by atoms with Gasteiger partial charge in [0.15, 0.2) is 0 Å². The number of benzene rings is 1. The van der Waals surface area contributed by atoms with Gasteiger partial charge in [-0.3, -0.25) is 4.90 Å². The van der Waals surface area contributed by atoms with Gasteiger partial charge in [0.2, 0.25) is 0 Å². The lowest BCUT2D eigenvalue weighted by atomic mass is 10.1. The van der Waals surface area contributed by atoms with E-state index >= 15 is 0 Å². The van der Waals surface area contributed by atoms with Crippen molar-refractivity contribution in [3.05, 3.63) is 29.8 Å². The van der Waals surface area contributed by atoms with Crippen LogP contribution >= 0.6 is 0 Å². The smallest absolute Gasteiger partial charge is 0.123 e. The van der Waals surface area contributed by atoms with Gasteiger partial charge in [-0.1, -0.05) is 25.1 Å². The Morgan fingerprint density at radius 3 is 3.00 bits per heavy atom. The van der Waals surface area contributed by atoms with Gasteiger partial charge in [0.05, 0.1) is 0 Å². The maximum Gasteiger partial charge on any atom is 0.123 e. The van der Waals surface area contributed by atoms with Crippen LogP contribution in [0.1, 0.15) is 25.8 Å². The van der Waals surface area contributed by atoms with Gasteiger partial charge >= 0.3 is 0 Å². The number of hydrogen-bond acceptors (Lipinski definition) is 3. The molecule has 19 heavy (non-hydrogen) atoms. The van der Waals surface area contributed by atoms with E-state index in [1.54, 1.807) is 0 Å². The minimum atomic E-state index is 0.330. The highest BCUT2D eigenvalue weighted by Gasteiger charge is 2.30. The Bertz CT molecular complexity index is 410. The van der Waals surface area contributed by atoms with Crippen LogP contribution in [0.15, 0.2) is 24.3 Å². The highest BCUT2D eigenvalue weighted by atomic mass is 16.5. The van der Waals surface area contributed by atoms with Gasteiger partial charge in [0.25, 0.3) is 0 Å². The van der Waals surface area contributed by atoms with E-state index in [2.05, 4.69) is 48.3 Å². The van der Waals surface area contributed by atoms with E-state index in [0.717, 1.165) is 31.8 Å². The minimum Gasteiger partial charge on any atom is -0.488 e. The maximum absolute atomic E-state index is 6.08. The lowest BCUT2D eigenvalue weighted by Crippen LogP contribution is -2.57. The summed E-state index contributed by atoms with van der Waals surface area (Å²) in [7, 11) is 0. The molecule has 1 N–H and O–H groups in total. The third kappa shape index (κ3) is 2.77. The molecule has 0 amide bonds. The van der Waals surface area contributed by atoms with E-state index in [4.69, 9.17) is 4.74 Å². The summed E-state index contributed by atoms with van der Waals surface area (Å²) in [6, 6.07) is 9.69. The van der Waals surface area contributed by atoms with Crippen LogP contribution in [-0.2, 0) is 6.42 Å². The molecule has 3 nitrogen and oxygen atoms in total. The zero-order valence-electron chi connectivity index (χ0n) is 11.9. The van der Waals surface area contributed by atoms with Crippen molar-refractivity contribution in [2.45, 2.75) is 44.9 Å². The Balaban J connectivity index is 1.63.